The number of aromatic nitrogens is 2. The van der Waals surface area contributed by atoms with Gasteiger partial charge < -0.3 is 24.7 Å². The number of anilines is 2. The molecule has 3 heterocycles. The van der Waals surface area contributed by atoms with E-state index < -0.39 is 31.4 Å². The van der Waals surface area contributed by atoms with Crippen LogP contribution in [0.2, 0.25) is 0 Å². The number of nitrogens with one attached hydrogen (secondary N) is 3. The van der Waals surface area contributed by atoms with Gasteiger partial charge in [-0.2, -0.15) is 0 Å². The van der Waals surface area contributed by atoms with Crippen molar-refractivity contribution in [1.29, 1.82) is 0 Å². The Labute approximate surface area is 361 Å². The van der Waals surface area contributed by atoms with E-state index in [1.165, 1.54) is 48.4 Å². The second-order valence-corrected chi connectivity index (χ2v) is 18.7. The first kappa shape index (κ1) is 41.1. The van der Waals surface area contributed by atoms with Gasteiger partial charge in [0.1, 0.15) is 22.8 Å². The Morgan fingerprint density at radius 3 is 2.44 bits per heavy atom. The van der Waals surface area contributed by atoms with Crippen molar-refractivity contribution >= 4 is 44.0 Å². The smallest absolute Gasteiger partial charge is 0.293 e. The molecule has 0 unspecified atom stereocenters. The van der Waals surface area contributed by atoms with Crippen LogP contribution in [0.15, 0.2) is 114 Å². The van der Waals surface area contributed by atoms with Gasteiger partial charge >= 0.3 is 0 Å². The minimum absolute atomic E-state index is 0.0535. The van der Waals surface area contributed by atoms with Gasteiger partial charge in [0.2, 0.25) is 0 Å². The Balaban J connectivity index is 0.958. The van der Waals surface area contributed by atoms with Crippen molar-refractivity contribution in [2.24, 2.45) is 5.92 Å². The van der Waals surface area contributed by atoms with E-state index >= 15 is 0 Å². The van der Waals surface area contributed by atoms with Crippen LogP contribution < -0.4 is 19.7 Å². The Kier molecular flexibility index (Phi) is 11.2. The number of benzene rings is 4. The van der Waals surface area contributed by atoms with E-state index in [0.29, 0.717) is 29.9 Å². The average Bonchev–Trinajstić information content (AvgIpc) is 3.82. The van der Waals surface area contributed by atoms with Gasteiger partial charge in [0.15, 0.2) is 0 Å². The summed E-state index contributed by atoms with van der Waals surface area (Å²) in [6.07, 6.45) is 11.6. The van der Waals surface area contributed by atoms with Crippen LogP contribution in [0.25, 0.3) is 22.2 Å². The molecule has 62 heavy (non-hydrogen) atoms. The van der Waals surface area contributed by atoms with Gasteiger partial charge in [-0.05, 0) is 141 Å². The number of methoxy groups -OCH3 is 1. The second kappa shape index (κ2) is 16.9. The first-order valence-electron chi connectivity index (χ1n) is 21.3. The number of nitro benzene ring substituents is 1. The average molecular weight is 855 g/mol. The predicted molar refractivity (Wildman–Crippen MR) is 239 cm³/mol. The van der Waals surface area contributed by atoms with Crippen LogP contribution in [0.3, 0.4) is 0 Å². The minimum Gasteiger partial charge on any atom is -0.455 e. The van der Waals surface area contributed by atoms with Gasteiger partial charge in [-0.1, -0.05) is 42.5 Å². The highest BCUT2D eigenvalue weighted by atomic mass is 32.2. The summed E-state index contributed by atoms with van der Waals surface area (Å²) in [6, 6.07) is 29.7. The fourth-order valence-corrected chi connectivity index (χ4v) is 10.1. The van der Waals surface area contributed by atoms with Crippen molar-refractivity contribution in [3.05, 3.63) is 136 Å². The van der Waals surface area contributed by atoms with E-state index in [2.05, 4.69) is 68.2 Å². The van der Waals surface area contributed by atoms with Gasteiger partial charge in [-0.3, -0.25) is 14.9 Å². The normalized spacial score (nSPS) is 20.3. The van der Waals surface area contributed by atoms with E-state index in [-0.39, 0.29) is 28.5 Å². The number of aromatic amines is 1. The van der Waals surface area contributed by atoms with Gasteiger partial charge in [0.05, 0.1) is 33.2 Å². The molecule has 6 aromatic rings. The van der Waals surface area contributed by atoms with Crippen LogP contribution in [0.4, 0.5) is 17.1 Å². The van der Waals surface area contributed by atoms with Crippen LogP contribution in [-0.4, -0.2) is 55.0 Å². The number of H-pyrrole nitrogens is 1. The van der Waals surface area contributed by atoms with Crippen molar-refractivity contribution in [3.8, 4) is 22.6 Å². The van der Waals surface area contributed by atoms with Crippen LogP contribution in [0.5, 0.6) is 11.5 Å². The molecular formula is C48H50N6O7S. The number of fused-ring (bicyclic) bond motifs is 1. The molecule has 3 aliphatic rings. The van der Waals surface area contributed by atoms with Gasteiger partial charge in [0.25, 0.3) is 21.6 Å². The third-order valence-electron chi connectivity index (χ3n) is 12.9. The van der Waals surface area contributed by atoms with Crippen molar-refractivity contribution < 1.29 is 27.6 Å². The summed E-state index contributed by atoms with van der Waals surface area (Å²) in [5.74, 6) is 0.430. The Morgan fingerprint density at radius 1 is 0.935 bits per heavy atom. The molecule has 1 saturated heterocycles. The third-order valence-corrected chi connectivity index (χ3v) is 14.3. The molecule has 0 bridgehead atoms. The zero-order valence-electron chi connectivity index (χ0n) is 34.8. The first-order valence-corrected chi connectivity index (χ1v) is 22.8. The highest BCUT2D eigenvalue weighted by molar-refractivity contribution is 7.90. The molecule has 2 aromatic heterocycles. The number of ether oxygens (including phenoxy) is 2. The zero-order chi connectivity index (χ0) is 43.0. The summed E-state index contributed by atoms with van der Waals surface area (Å²) >= 11 is 0. The number of nitro groups is 1. The molecular weight excluding hydrogens is 805 g/mol. The van der Waals surface area contributed by atoms with Crippen LogP contribution in [-0.2, 0) is 14.8 Å². The lowest BCUT2D eigenvalue weighted by Gasteiger charge is -2.36. The predicted octanol–water partition coefficient (Wildman–Crippen LogP) is 10.3. The van der Waals surface area contributed by atoms with Crippen molar-refractivity contribution in [2.75, 3.05) is 30.4 Å². The van der Waals surface area contributed by atoms with Crippen LogP contribution >= 0.6 is 0 Å². The number of nitrogens with zero attached hydrogens (tertiary/aromatic N) is 3. The molecule has 3 N–H and O–H groups in total. The number of carbonyl (C=O) groups excluding carboxylic acids is 1. The maximum absolute atomic E-state index is 14.0. The van der Waals surface area contributed by atoms with E-state index in [1.807, 2.05) is 18.2 Å². The summed E-state index contributed by atoms with van der Waals surface area (Å²) in [4.78, 5) is 35.0. The van der Waals surface area contributed by atoms with Crippen LogP contribution in [0, 0.1) is 16.0 Å². The number of hydrogen-bond acceptors (Lipinski definition) is 10. The van der Waals surface area contributed by atoms with E-state index in [4.69, 9.17) is 9.47 Å². The molecule has 2 aliphatic carbocycles. The van der Waals surface area contributed by atoms with Gasteiger partial charge in [-0.25, -0.2) is 18.1 Å². The topological polar surface area (TPSA) is 169 Å². The van der Waals surface area contributed by atoms with Gasteiger partial charge in [-0.15, -0.1) is 0 Å². The SMILES string of the molecule is COC1(C)CCC(CNc2ccc(S(=O)(=O)NC(=O)c3ccc(-c4ccc(N5CCC[C@H]5c5ccccc5C5CC5)cc4)cc3Oc3cnc4[nH]ccc4c3)cc2[N+](=O)[O-])CC1. The lowest BCUT2D eigenvalue weighted by atomic mass is 9.80. The van der Waals surface area contributed by atoms with Crippen molar-refractivity contribution in [3.63, 3.8) is 0 Å². The van der Waals surface area contributed by atoms with Gasteiger partial charge in [0, 0.05) is 43.5 Å². The number of carbonyl (C=O) groups is 1. The third kappa shape index (κ3) is 8.62. The largest absolute Gasteiger partial charge is 0.455 e. The fraction of sp³-hybridized carbons (Fsp3) is 0.333. The summed E-state index contributed by atoms with van der Waals surface area (Å²) in [7, 11) is -2.86. The molecule has 0 radical (unpaired) electrons. The Hall–Kier alpha value is -6.25. The van der Waals surface area contributed by atoms with Crippen molar-refractivity contribution in [1.82, 2.24) is 14.7 Å². The highest BCUT2D eigenvalue weighted by Gasteiger charge is 2.34. The minimum atomic E-state index is -4.57. The quantitative estimate of drug-likeness (QED) is 0.0708. The van der Waals surface area contributed by atoms with E-state index in [1.54, 1.807) is 31.5 Å². The van der Waals surface area contributed by atoms with Crippen molar-refractivity contribution in [2.45, 2.75) is 80.7 Å². The summed E-state index contributed by atoms with van der Waals surface area (Å²) < 4.78 is 41.5. The second-order valence-electron chi connectivity index (χ2n) is 17.1. The number of rotatable bonds is 14. The summed E-state index contributed by atoms with van der Waals surface area (Å²) in [5, 5.41) is 16.1. The number of pyridine rings is 1. The monoisotopic (exact) mass is 854 g/mol. The molecule has 1 atom stereocenters. The number of sulfonamides is 1. The van der Waals surface area contributed by atoms with Crippen LogP contribution in [0.1, 0.15) is 91.7 Å². The Morgan fingerprint density at radius 2 is 1.69 bits per heavy atom. The lowest BCUT2D eigenvalue weighted by molar-refractivity contribution is -0.384. The first-order chi connectivity index (χ1) is 30.0. The highest BCUT2D eigenvalue weighted by Crippen LogP contribution is 2.47. The lowest BCUT2D eigenvalue weighted by Crippen LogP contribution is -2.34. The molecule has 13 nitrogen and oxygen atoms in total. The molecule has 9 rings (SSSR count). The molecule has 0 spiro atoms. The number of hydrogen-bond donors (Lipinski definition) is 3. The standard InChI is InChI=1S/C48H50N6O7S/c1-48(60-2)22-19-31(20-23-48)29-50-42-18-16-38(28-44(42)54(56)57)62(58,59)52-47(55)41-17-13-34(27-45(41)61-37-26-35-21-24-49-46(35)51-30-37)32-11-14-36(15-12-32)53-25-5-8-43(53)40-7-4-3-6-39(40)33-9-10-33/h3-4,6-7,11-18,21,24,26-28,30-31,33,43,50H,5,8-10,19-20,22-23,25,29H2,1-2H3,(H,49,51)(H,52,55)/t31?,43-,48?/m0/s1. The maximum atomic E-state index is 14.0. The Bertz CT molecular complexity index is 2740. The molecule has 1 amide bonds. The number of amides is 1. The fourth-order valence-electron chi connectivity index (χ4n) is 9.07. The maximum Gasteiger partial charge on any atom is 0.293 e. The molecule has 3 fully saturated rings. The zero-order valence-corrected chi connectivity index (χ0v) is 35.6. The molecule has 14 heteroatoms. The summed E-state index contributed by atoms with van der Waals surface area (Å²) in [5.41, 5.74) is 5.89. The van der Waals surface area contributed by atoms with E-state index in [0.717, 1.165) is 73.3 Å². The summed E-state index contributed by atoms with van der Waals surface area (Å²) in [6.45, 7) is 3.55. The molecule has 320 valence electrons. The molecule has 1 aliphatic heterocycles. The molecule has 4 aromatic carbocycles. The molecule has 2 saturated carbocycles. The van der Waals surface area contributed by atoms with E-state index in [9.17, 15) is 23.3 Å².